The van der Waals surface area contributed by atoms with Crippen molar-refractivity contribution in [3.63, 3.8) is 0 Å². The Morgan fingerprint density at radius 3 is 2.90 bits per heavy atom. The summed E-state index contributed by atoms with van der Waals surface area (Å²) >= 11 is 0. The van der Waals surface area contributed by atoms with E-state index in [9.17, 15) is 4.79 Å². The number of benzene rings is 1. The number of hydrogen-bond donors (Lipinski definition) is 1. The molecule has 0 amide bonds. The lowest BCUT2D eigenvalue weighted by Crippen LogP contribution is -2.30. The second kappa shape index (κ2) is 6.47. The van der Waals surface area contributed by atoms with Crippen LogP contribution in [0.15, 0.2) is 12.1 Å². The summed E-state index contributed by atoms with van der Waals surface area (Å²) in [4.78, 5) is 12.7. The van der Waals surface area contributed by atoms with Crippen molar-refractivity contribution in [1.82, 2.24) is 4.90 Å². The van der Waals surface area contributed by atoms with Crippen molar-refractivity contribution in [2.45, 2.75) is 19.9 Å². The minimum Gasteiger partial charge on any atom is -0.493 e. The molecule has 6 heteroatoms. The van der Waals surface area contributed by atoms with Crippen LogP contribution in [0.1, 0.15) is 18.9 Å². The van der Waals surface area contributed by atoms with Gasteiger partial charge in [-0.1, -0.05) is 6.92 Å². The smallest absolute Gasteiger partial charge is 0.317 e. The van der Waals surface area contributed by atoms with Gasteiger partial charge in [-0.3, -0.25) is 9.69 Å². The molecule has 0 radical (unpaired) electrons. The molecule has 0 atom stereocenters. The summed E-state index contributed by atoms with van der Waals surface area (Å²) in [6.45, 7) is 3.48. The van der Waals surface area contributed by atoms with E-state index in [-0.39, 0.29) is 13.3 Å². The summed E-state index contributed by atoms with van der Waals surface area (Å²) in [6.07, 6.45) is 0.898. The Morgan fingerprint density at radius 2 is 2.25 bits per heavy atom. The number of fused-ring (bicyclic) bond motifs is 1. The standard InChI is InChI=1S/C14H19NO5/c1-3-4-15(8-13(16)17)7-10-5-11(18-2)14-12(6-10)19-9-20-14/h5-6H,3-4,7-9H2,1-2H3,(H,16,17). The van der Waals surface area contributed by atoms with Crippen LogP contribution < -0.4 is 14.2 Å². The van der Waals surface area contributed by atoms with Crippen molar-refractivity contribution >= 4 is 5.97 Å². The molecule has 1 aliphatic rings. The van der Waals surface area contributed by atoms with Crippen LogP contribution in [0.2, 0.25) is 0 Å². The molecule has 0 spiro atoms. The van der Waals surface area contributed by atoms with Gasteiger partial charge in [0.05, 0.1) is 13.7 Å². The first-order chi connectivity index (χ1) is 9.63. The van der Waals surface area contributed by atoms with Gasteiger partial charge in [0.15, 0.2) is 11.5 Å². The Balaban J connectivity index is 2.17. The lowest BCUT2D eigenvalue weighted by atomic mass is 10.1. The van der Waals surface area contributed by atoms with Crippen molar-refractivity contribution in [1.29, 1.82) is 0 Å². The Kier molecular flexibility index (Phi) is 4.68. The molecular formula is C14H19NO5. The van der Waals surface area contributed by atoms with Gasteiger partial charge in [-0.25, -0.2) is 0 Å². The third kappa shape index (κ3) is 3.33. The molecule has 1 aliphatic heterocycles. The monoisotopic (exact) mass is 281 g/mol. The van der Waals surface area contributed by atoms with E-state index in [1.165, 1.54) is 0 Å². The van der Waals surface area contributed by atoms with E-state index < -0.39 is 5.97 Å². The quantitative estimate of drug-likeness (QED) is 0.820. The zero-order chi connectivity index (χ0) is 14.5. The molecule has 2 rings (SSSR count). The van der Waals surface area contributed by atoms with Crippen LogP contribution in [0.5, 0.6) is 17.2 Å². The fourth-order valence-electron chi connectivity index (χ4n) is 2.25. The number of hydrogen-bond acceptors (Lipinski definition) is 5. The highest BCUT2D eigenvalue weighted by Gasteiger charge is 2.21. The van der Waals surface area contributed by atoms with Crippen LogP contribution in [0.25, 0.3) is 0 Å². The van der Waals surface area contributed by atoms with Crippen molar-refractivity contribution in [3.8, 4) is 17.2 Å². The first-order valence-electron chi connectivity index (χ1n) is 6.54. The van der Waals surface area contributed by atoms with Gasteiger partial charge < -0.3 is 19.3 Å². The summed E-state index contributed by atoms with van der Waals surface area (Å²) in [5.41, 5.74) is 0.945. The molecule has 1 aromatic carbocycles. The maximum Gasteiger partial charge on any atom is 0.317 e. The van der Waals surface area contributed by atoms with Gasteiger partial charge >= 0.3 is 5.97 Å². The number of methoxy groups -OCH3 is 1. The summed E-state index contributed by atoms with van der Waals surface area (Å²) < 4.78 is 16.0. The maximum absolute atomic E-state index is 10.9. The maximum atomic E-state index is 10.9. The zero-order valence-corrected chi connectivity index (χ0v) is 11.7. The molecule has 0 bridgehead atoms. The van der Waals surface area contributed by atoms with Crippen molar-refractivity contribution in [3.05, 3.63) is 17.7 Å². The number of ether oxygens (including phenoxy) is 3. The van der Waals surface area contributed by atoms with E-state index in [0.717, 1.165) is 18.5 Å². The lowest BCUT2D eigenvalue weighted by Gasteiger charge is -2.20. The van der Waals surface area contributed by atoms with Gasteiger partial charge in [0.2, 0.25) is 12.5 Å². The third-order valence-corrected chi connectivity index (χ3v) is 3.02. The molecule has 110 valence electrons. The van der Waals surface area contributed by atoms with Gasteiger partial charge in [0, 0.05) is 6.54 Å². The highest BCUT2D eigenvalue weighted by molar-refractivity contribution is 5.69. The fourth-order valence-corrected chi connectivity index (χ4v) is 2.25. The van der Waals surface area contributed by atoms with Gasteiger partial charge in [-0.15, -0.1) is 0 Å². The molecular weight excluding hydrogens is 262 g/mol. The molecule has 1 aromatic rings. The molecule has 1 N–H and O–H groups in total. The Labute approximate surface area is 117 Å². The lowest BCUT2D eigenvalue weighted by molar-refractivity contribution is -0.138. The molecule has 6 nitrogen and oxygen atoms in total. The minimum absolute atomic E-state index is 0.0184. The van der Waals surface area contributed by atoms with Crippen LogP contribution in [0.3, 0.4) is 0 Å². The fraction of sp³-hybridized carbons (Fsp3) is 0.500. The number of rotatable bonds is 7. The molecule has 1 heterocycles. The normalized spacial score (nSPS) is 12.8. The Hall–Kier alpha value is -1.95. The molecule has 0 unspecified atom stereocenters. The number of carbonyl (C=O) groups is 1. The Morgan fingerprint density at radius 1 is 1.45 bits per heavy atom. The van der Waals surface area contributed by atoms with Crippen molar-refractivity contribution in [2.24, 2.45) is 0 Å². The first kappa shape index (κ1) is 14.5. The first-order valence-corrected chi connectivity index (χ1v) is 6.54. The number of carboxylic acid groups (broad SMARTS) is 1. The van der Waals surface area contributed by atoms with Crippen molar-refractivity contribution < 1.29 is 24.1 Å². The van der Waals surface area contributed by atoms with E-state index in [0.29, 0.717) is 23.8 Å². The Bertz CT molecular complexity index is 489. The highest BCUT2D eigenvalue weighted by atomic mass is 16.7. The predicted octanol–water partition coefficient (Wildman–Crippen LogP) is 1.72. The molecule has 0 aromatic heterocycles. The largest absolute Gasteiger partial charge is 0.493 e. The average molecular weight is 281 g/mol. The third-order valence-electron chi connectivity index (χ3n) is 3.02. The van der Waals surface area contributed by atoms with Crippen LogP contribution in [-0.2, 0) is 11.3 Å². The summed E-state index contributed by atoms with van der Waals surface area (Å²) in [6, 6.07) is 3.73. The number of carboxylic acids is 1. The SMILES string of the molecule is CCCN(CC(=O)O)Cc1cc(OC)c2c(c1)OCO2. The highest BCUT2D eigenvalue weighted by Crippen LogP contribution is 2.41. The predicted molar refractivity (Wildman–Crippen MR) is 72.3 cm³/mol. The van der Waals surface area contributed by atoms with E-state index >= 15 is 0 Å². The van der Waals surface area contributed by atoms with Gasteiger partial charge in [-0.05, 0) is 30.7 Å². The second-order valence-electron chi connectivity index (χ2n) is 4.64. The van der Waals surface area contributed by atoms with Gasteiger partial charge in [0.1, 0.15) is 0 Å². The van der Waals surface area contributed by atoms with Gasteiger partial charge in [0.25, 0.3) is 0 Å². The van der Waals surface area contributed by atoms with E-state index in [1.54, 1.807) is 7.11 Å². The van der Waals surface area contributed by atoms with Crippen LogP contribution in [0.4, 0.5) is 0 Å². The van der Waals surface area contributed by atoms with E-state index in [2.05, 4.69) is 0 Å². The van der Waals surface area contributed by atoms with Crippen LogP contribution in [-0.4, -0.2) is 43.0 Å². The number of nitrogens with zero attached hydrogens (tertiary/aromatic N) is 1. The molecule has 0 saturated heterocycles. The number of aliphatic carboxylic acids is 1. The molecule has 0 fully saturated rings. The van der Waals surface area contributed by atoms with Crippen LogP contribution >= 0.6 is 0 Å². The summed E-state index contributed by atoms with van der Waals surface area (Å²) in [7, 11) is 1.57. The zero-order valence-electron chi connectivity index (χ0n) is 11.7. The average Bonchev–Trinajstić information content (AvgIpc) is 2.85. The summed E-state index contributed by atoms with van der Waals surface area (Å²) in [5.74, 6) is 1.04. The van der Waals surface area contributed by atoms with E-state index in [1.807, 2.05) is 24.0 Å². The molecule has 20 heavy (non-hydrogen) atoms. The summed E-state index contributed by atoms with van der Waals surface area (Å²) in [5, 5.41) is 8.93. The van der Waals surface area contributed by atoms with Crippen molar-refractivity contribution in [2.75, 3.05) is 27.0 Å². The molecule has 0 saturated carbocycles. The second-order valence-corrected chi connectivity index (χ2v) is 4.64. The topological polar surface area (TPSA) is 68.2 Å². The minimum atomic E-state index is -0.828. The van der Waals surface area contributed by atoms with Crippen LogP contribution in [0, 0.1) is 0 Å². The van der Waals surface area contributed by atoms with E-state index in [4.69, 9.17) is 19.3 Å². The molecule has 0 aliphatic carbocycles. The van der Waals surface area contributed by atoms with Gasteiger partial charge in [-0.2, -0.15) is 0 Å².